The Kier molecular flexibility index (Phi) is 3.97. The zero-order valence-electron chi connectivity index (χ0n) is 9.52. The van der Waals surface area contributed by atoms with E-state index in [1.54, 1.807) is 0 Å². The molecule has 1 aliphatic heterocycles. The standard InChI is InChI=1S/C13H19N3/c1-2-13(16-10-8-14-9-11-16)15-12-6-4-3-5-7-12/h2-7,13-15H,1,8-11H2. The Hall–Kier alpha value is -1.32. The molecule has 1 atom stereocenters. The molecule has 0 spiro atoms. The van der Waals surface area contributed by atoms with Crippen molar-refractivity contribution in [2.45, 2.75) is 6.17 Å². The Morgan fingerprint density at radius 1 is 1.25 bits per heavy atom. The van der Waals surface area contributed by atoms with Crippen LogP contribution in [0, 0.1) is 0 Å². The summed E-state index contributed by atoms with van der Waals surface area (Å²) in [6.45, 7) is 8.15. The molecule has 1 aromatic carbocycles. The van der Waals surface area contributed by atoms with E-state index in [1.807, 2.05) is 24.3 Å². The highest BCUT2D eigenvalue weighted by Gasteiger charge is 2.16. The Morgan fingerprint density at radius 2 is 1.94 bits per heavy atom. The third kappa shape index (κ3) is 2.84. The Labute approximate surface area is 97.2 Å². The van der Waals surface area contributed by atoms with Crippen LogP contribution in [0.4, 0.5) is 5.69 Å². The zero-order chi connectivity index (χ0) is 11.2. The van der Waals surface area contributed by atoms with E-state index < -0.39 is 0 Å². The van der Waals surface area contributed by atoms with Crippen molar-refractivity contribution in [1.82, 2.24) is 10.2 Å². The number of anilines is 1. The highest BCUT2D eigenvalue weighted by molar-refractivity contribution is 5.44. The predicted molar refractivity (Wildman–Crippen MR) is 68.5 cm³/mol. The Bertz CT molecular complexity index is 317. The van der Waals surface area contributed by atoms with Gasteiger partial charge in [-0.2, -0.15) is 0 Å². The molecule has 0 saturated carbocycles. The molecule has 0 bridgehead atoms. The minimum atomic E-state index is 0.226. The van der Waals surface area contributed by atoms with E-state index in [-0.39, 0.29) is 6.17 Å². The molecule has 1 fully saturated rings. The van der Waals surface area contributed by atoms with Gasteiger partial charge in [0.1, 0.15) is 0 Å². The van der Waals surface area contributed by atoms with Crippen molar-refractivity contribution in [3.8, 4) is 0 Å². The fourth-order valence-corrected chi connectivity index (χ4v) is 1.96. The number of para-hydroxylation sites is 1. The first kappa shape index (κ1) is 11.2. The van der Waals surface area contributed by atoms with Crippen LogP contribution in [0.1, 0.15) is 0 Å². The first-order valence-corrected chi connectivity index (χ1v) is 5.79. The molecule has 0 amide bonds. The van der Waals surface area contributed by atoms with Gasteiger partial charge >= 0.3 is 0 Å². The van der Waals surface area contributed by atoms with E-state index in [1.165, 1.54) is 0 Å². The maximum absolute atomic E-state index is 3.91. The lowest BCUT2D eigenvalue weighted by Crippen LogP contribution is -2.50. The van der Waals surface area contributed by atoms with Gasteiger partial charge in [-0.05, 0) is 12.1 Å². The molecule has 1 aromatic rings. The number of rotatable bonds is 4. The summed E-state index contributed by atoms with van der Waals surface area (Å²) in [4.78, 5) is 2.40. The van der Waals surface area contributed by atoms with Gasteiger partial charge in [0.25, 0.3) is 0 Å². The fraction of sp³-hybridized carbons (Fsp3) is 0.385. The smallest absolute Gasteiger partial charge is 0.0984 e. The molecular weight excluding hydrogens is 198 g/mol. The van der Waals surface area contributed by atoms with Crippen LogP contribution in [-0.4, -0.2) is 37.2 Å². The van der Waals surface area contributed by atoms with Gasteiger partial charge in [-0.3, -0.25) is 4.90 Å². The van der Waals surface area contributed by atoms with E-state index in [9.17, 15) is 0 Å². The minimum absolute atomic E-state index is 0.226. The number of nitrogens with one attached hydrogen (secondary N) is 2. The zero-order valence-corrected chi connectivity index (χ0v) is 9.52. The first-order chi connectivity index (χ1) is 7.90. The van der Waals surface area contributed by atoms with Gasteiger partial charge in [0.05, 0.1) is 6.17 Å². The lowest BCUT2D eigenvalue weighted by atomic mass is 10.2. The van der Waals surface area contributed by atoms with Gasteiger partial charge in [-0.1, -0.05) is 30.9 Å². The van der Waals surface area contributed by atoms with Crippen LogP contribution in [0.3, 0.4) is 0 Å². The quantitative estimate of drug-likeness (QED) is 0.749. The van der Waals surface area contributed by atoms with Gasteiger partial charge < -0.3 is 10.6 Å². The van der Waals surface area contributed by atoms with E-state index in [0.29, 0.717) is 0 Å². The second kappa shape index (κ2) is 5.68. The molecule has 3 nitrogen and oxygen atoms in total. The van der Waals surface area contributed by atoms with E-state index >= 15 is 0 Å². The summed E-state index contributed by atoms with van der Waals surface area (Å²) >= 11 is 0. The maximum Gasteiger partial charge on any atom is 0.0984 e. The molecule has 0 aromatic heterocycles. The summed E-state index contributed by atoms with van der Waals surface area (Å²) in [5, 5.41) is 6.83. The number of benzene rings is 1. The largest absolute Gasteiger partial charge is 0.366 e. The SMILES string of the molecule is C=CC(Nc1ccccc1)N1CCNCC1. The second-order valence-electron chi connectivity index (χ2n) is 3.98. The van der Waals surface area contributed by atoms with Crippen molar-refractivity contribution < 1.29 is 0 Å². The van der Waals surface area contributed by atoms with Crippen molar-refractivity contribution in [2.75, 3.05) is 31.5 Å². The summed E-state index contributed by atoms with van der Waals surface area (Å²) in [6, 6.07) is 10.3. The van der Waals surface area contributed by atoms with Crippen molar-refractivity contribution in [3.63, 3.8) is 0 Å². The number of hydrogen-bond donors (Lipinski definition) is 2. The average Bonchev–Trinajstić information content (AvgIpc) is 2.38. The number of hydrogen-bond acceptors (Lipinski definition) is 3. The van der Waals surface area contributed by atoms with Crippen LogP contribution < -0.4 is 10.6 Å². The lowest BCUT2D eigenvalue weighted by molar-refractivity contribution is 0.217. The van der Waals surface area contributed by atoms with Crippen LogP contribution >= 0.6 is 0 Å². The third-order valence-corrected chi connectivity index (χ3v) is 2.86. The van der Waals surface area contributed by atoms with E-state index in [0.717, 1.165) is 31.9 Å². The Morgan fingerprint density at radius 3 is 2.56 bits per heavy atom. The summed E-state index contributed by atoms with van der Waals surface area (Å²) in [7, 11) is 0. The van der Waals surface area contributed by atoms with Crippen LogP contribution in [0.2, 0.25) is 0 Å². The molecular formula is C13H19N3. The van der Waals surface area contributed by atoms with Crippen LogP contribution in [0.25, 0.3) is 0 Å². The third-order valence-electron chi connectivity index (χ3n) is 2.86. The van der Waals surface area contributed by atoms with Crippen molar-refractivity contribution in [2.24, 2.45) is 0 Å². The van der Waals surface area contributed by atoms with E-state index in [2.05, 4.69) is 34.2 Å². The van der Waals surface area contributed by atoms with Crippen LogP contribution in [-0.2, 0) is 0 Å². The van der Waals surface area contributed by atoms with Gasteiger partial charge in [-0.15, -0.1) is 0 Å². The molecule has 1 aliphatic rings. The summed E-state index contributed by atoms with van der Waals surface area (Å²) in [5.74, 6) is 0. The van der Waals surface area contributed by atoms with Gasteiger partial charge in [0.2, 0.25) is 0 Å². The number of piperazine rings is 1. The molecule has 0 radical (unpaired) electrons. The highest BCUT2D eigenvalue weighted by atomic mass is 15.3. The molecule has 2 N–H and O–H groups in total. The summed E-state index contributed by atoms with van der Waals surface area (Å²) in [5.41, 5.74) is 1.14. The molecule has 3 heteroatoms. The topological polar surface area (TPSA) is 27.3 Å². The number of nitrogens with zero attached hydrogens (tertiary/aromatic N) is 1. The van der Waals surface area contributed by atoms with Crippen molar-refractivity contribution >= 4 is 5.69 Å². The normalized spacial score (nSPS) is 19.0. The van der Waals surface area contributed by atoms with E-state index in [4.69, 9.17) is 0 Å². The molecule has 1 saturated heterocycles. The average molecular weight is 217 g/mol. The summed E-state index contributed by atoms with van der Waals surface area (Å²) in [6.07, 6.45) is 2.20. The summed E-state index contributed by atoms with van der Waals surface area (Å²) < 4.78 is 0. The molecule has 1 unspecified atom stereocenters. The van der Waals surface area contributed by atoms with Crippen molar-refractivity contribution in [3.05, 3.63) is 43.0 Å². The monoisotopic (exact) mass is 217 g/mol. The van der Waals surface area contributed by atoms with Crippen LogP contribution in [0.15, 0.2) is 43.0 Å². The molecule has 2 rings (SSSR count). The lowest BCUT2D eigenvalue weighted by Gasteiger charge is -2.34. The molecule has 16 heavy (non-hydrogen) atoms. The fourth-order valence-electron chi connectivity index (χ4n) is 1.96. The Balaban J connectivity index is 1.97. The van der Waals surface area contributed by atoms with Gasteiger partial charge in [0, 0.05) is 31.9 Å². The van der Waals surface area contributed by atoms with Gasteiger partial charge in [-0.25, -0.2) is 0 Å². The minimum Gasteiger partial charge on any atom is -0.366 e. The van der Waals surface area contributed by atoms with Gasteiger partial charge in [0.15, 0.2) is 0 Å². The molecule has 1 heterocycles. The predicted octanol–water partition coefficient (Wildman–Crippen LogP) is 1.52. The van der Waals surface area contributed by atoms with Crippen molar-refractivity contribution in [1.29, 1.82) is 0 Å². The van der Waals surface area contributed by atoms with Crippen LogP contribution in [0.5, 0.6) is 0 Å². The maximum atomic E-state index is 3.91. The second-order valence-corrected chi connectivity index (χ2v) is 3.98. The molecule has 86 valence electrons. The highest BCUT2D eigenvalue weighted by Crippen LogP contribution is 2.10. The molecule has 0 aliphatic carbocycles. The first-order valence-electron chi connectivity index (χ1n) is 5.79.